The standard InChI is InChI=1S/C28H30BClN8O4S/c1-13-9-15(14(2)32-19-5-6-21(30)33-24(19)25(39)35-43-4)23-16(10-13)26(40)36(3)27(34-23)37-11-17-18(12-37)22(17)20-7-8-31-38(20)28(29,41)42/h5-10,14,17-18,22,32,41-42H,11-12H2,1-4H3,(H,35,39). The summed E-state index contributed by atoms with van der Waals surface area (Å²) >= 11 is 7.26. The van der Waals surface area contributed by atoms with Gasteiger partial charge in [-0.15, -0.1) is 0 Å². The van der Waals surface area contributed by atoms with Crippen molar-refractivity contribution in [1.29, 1.82) is 0 Å². The Kier molecular flexibility index (Phi) is 7.44. The van der Waals surface area contributed by atoms with Gasteiger partial charge in [0, 0.05) is 49.8 Å². The van der Waals surface area contributed by atoms with Gasteiger partial charge in [-0.1, -0.05) is 29.6 Å². The topological polar surface area (TPSA) is 150 Å². The zero-order chi connectivity index (χ0) is 30.8. The van der Waals surface area contributed by atoms with E-state index in [2.05, 4.69) is 25.0 Å². The van der Waals surface area contributed by atoms with E-state index in [9.17, 15) is 19.8 Å². The molecule has 12 nitrogen and oxygen atoms in total. The number of pyridine rings is 1. The lowest BCUT2D eigenvalue weighted by Gasteiger charge is -2.26. The molecule has 2 radical (unpaired) electrons. The van der Waals surface area contributed by atoms with Gasteiger partial charge in [0.1, 0.15) is 5.15 Å². The Hall–Kier alpha value is -3.59. The van der Waals surface area contributed by atoms with E-state index in [-0.39, 0.29) is 46.1 Å². The molecule has 2 fully saturated rings. The third-order valence-corrected chi connectivity index (χ3v) is 8.84. The Morgan fingerprint density at radius 2 is 1.93 bits per heavy atom. The van der Waals surface area contributed by atoms with Gasteiger partial charge in [-0.25, -0.2) is 14.6 Å². The van der Waals surface area contributed by atoms with Crippen molar-refractivity contribution >= 4 is 59.8 Å². The maximum absolute atomic E-state index is 13.7. The number of nitrogens with one attached hydrogen (secondary N) is 2. The molecule has 0 bridgehead atoms. The zero-order valence-electron chi connectivity index (χ0n) is 23.9. The highest BCUT2D eigenvalue weighted by Crippen LogP contribution is 2.58. The Labute approximate surface area is 258 Å². The van der Waals surface area contributed by atoms with E-state index >= 15 is 0 Å². The molecule has 0 spiro atoms. The van der Waals surface area contributed by atoms with Crippen molar-refractivity contribution < 1.29 is 15.0 Å². The average molecular weight is 621 g/mol. The zero-order valence-corrected chi connectivity index (χ0v) is 25.5. The van der Waals surface area contributed by atoms with Crippen LogP contribution >= 0.6 is 23.5 Å². The molecule has 1 aliphatic carbocycles. The summed E-state index contributed by atoms with van der Waals surface area (Å²) in [6, 6.07) is 8.55. The fourth-order valence-electron chi connectivity index (χ4n) is 6.30. The number of hydrogen-bond acceptors (Lipinski definition) is 10. The minimum atomic E-state index is -2.57. The number of aliphatic hydroxyl groups is 2. The highest BCUT2D eigenvalue weighted by molar-refractivity contribution is 7.97. The van der Waals surface area contributed by atoms with Gasteiger partial charge in [0.05, 0.1) is 22.6 Å². The van der Waals surface area contributed by atoms with Gasteiger partial charge in [0.2, 0.25) is 11.8 Å². The molecule has 3 atom stereocenters. The molecule has 4 aromatic rings. The summed E-state index contributed by atoms with van der Waals surface area (Å²) in [5.74, 6) is -1.86. The van der Waals surface area contributed by atoms with Crippen molar-refractivity contribution in [3.05, 3.63) is 74.6 Å². The third kappa shape index (κ3) is 5.26. The molecule has 4 N–H and O–H groups in total. The van der Waals surface area contributed by atoms with Gasteiger partial charge < -0.3 is 20.4 Å². The summed E-state index contributed by atoms with van der Waals surface area (Å²) in [4.78, 5) is 37.7. The summed E-state index contributed by atoms with van der Waals surface area (Å²) in [5.41, 5.74) is 3.45. The van der Waals surface area contributed by atoms with E-state index in [0.717, 1.165) is 27.8 Å². The highest BCUT2D eigenvalue weighted by atomic mass is 35.5. The maximum Gasteiger partial charge on any atom is 0.281 e. The monoisotopic (exact) mass is 620 g/mol. The molecule has 1 saturated heterocycles. The van der Waals surface area contributed by atoms with Gasteiger partial charge in [0.15, 0.2) is 13.5 Å². The summed E-state index contributed by atoms with van der Waals surface area (Å²) < 4.78 is 5.30. The fourth-order valence-corrected chi connectivity index (χ4v) is 6.73. The molecule has 3 aromatic heterocycles. The average Bonchev–Trinajstić information content (AvgIpc) is 3.29. The number of aryl methyl sites for hydroxylation is 1. The second-order valence-electron chi connectivity index (χ2n) is 11.2. The molecular weight excluding hydrogens is 591 g/mol. The van der Waals surface area contributed by atoms with Crippen LogP contribution in [0.5, 0.6) is 0 Å². The number of aromatic nitrogens is 5. The largest absolute Gasteiger partial charge is 0.377 e. The van der Waals surface area contributed by atoms with Crippen LogP contribution in [-0.4, -0.2) is 67.6 Å². The molecule has 6 rings (SSSR count). The van der Waals surface area contributed by atoms with Gasteiger partial charge in [0.25, 0.3) is 11.5 Å². The van der Waals surface area contributed by atoms with E-state index in [1.807, 2.05) is 26.0 Å². The van der Waals surface area contributed by atoms with Crippen LogP contribution in [0.2, 0.25) is 5.15 Å². The number of hydrogen-bond donors (Lipinski definition) is 4. The second kappa shape index (κ2) is 10.8. The molecule has 1 aromatic carbocycles. The lowest BCUT2D eigenvalue weighted by Crippen LogP contribution is -2.36. The molecule has 1 aliphatic heterocycles. The summed E-state index contributed by atoms with van der Waals surface area (Å²) in [7, 11) is 7.21. The molecule has 4 heterocycles. The molecule has 15 heteroatoms. The van der Waals surface area contributed by atoms with E-state index in [1.54, 1.807) is 36.1 Å². The Bertz CT molecular complexity index is 1800. The molecule has 2 aliphatic rings. The molecule has 43 heavy (non-hydrogen) atoms. The Morgan fingerprint density at radius 1 is 1.21 bits per heavy atom. The lowest BCUT2D eigenvalue weighted by atomic mass is 10.0. The van der Waals surface area contributed by atoms with Crippen LogP contribution in [-0.2, 0) is 12.9 Å². The lowest BCUT2D eigenvalue weighted by molar-refractivity contribution is -0.161. The fraction of sp³-hybridized carbons (Fsp3) is 0.393. The van der Waals surface area contributed by atoms with Crippen molar-refractivity contribution in [2.45, 2.75) is 31.6 Å². The molecular formula is C28H30BClN8O4S. The smallest absolute Gasteiger partial charge is 0.281 e. The highest BCUT2D eigenvalue weighted by Gasteiger charge is 2.58. The van der Waals surface area contributed by atoms with E-state index < -0.39 is 5.81 Å². The van der Waals surface area contributed by atoms with E-state index in [1.165, 1.54) is 6.20 Å². The molecule has 222 valence electrons. The van der Waals surface area contributed by atoms with Crippen LogP contribution in [0, 0.1) is 18.8 Å². The molecule has 3 unspecified atom stereocenters. The minimum Gasteiger partial charge on any atom is -0.377 e. The van der Waals surface area contributed by atoms with Crippen LogP contribution in [0.1, 0.15) is 46.2 Å². The van der Waals surface area contributed by atoms with Gasteiger partial charge in [-0.2, -0.15) is 5.10 Å². The van der Waals surface area contributed by atoms with Crippen molar-refractivity contribution in [1.82, 2.24) is 29.0 Å². The number of amides is 1. The number of piperidine rings is 1. The van der Waals surface area contributed by atoms with Crippen molar-refractivity contribution in [2.24, 2.45) is 18.9 Å². The van der Waals surface area contributed by atoms with Crippen LogP contribution < -0.4 is 20.5 Å². The predicted molar refractivity (Wildman–Crippen MR) is 166 cm³/mol. The first-order valence-corrected chi connectivity index (χ1v) is 15.3. The molecule has 1 saturated carbocycles. The van der Waals surface area contributed by atoms with Gasteiger partial charge >= 0.3 is 0 Å². The van der Waals surface area contributed by atoms with Crippen LogP contribution in [0.25, 0.3) is 10.9 Å². The van der Waals surface area contributed by atoms with Crippen molar-refractivity contribution in [2.75, 3.05) is 29.6 Å². The number of nitrogens with zero attached hydrogens (tertiary/aromatic N) is 6. The third-order valence-electron chi connectivity index (χ3n) is 8.24. The number of rotatable bonds is 8. The summed E-state index contributed by atoms with van der Waals surface area (Å²) in [5, 5.41) is 27.9. The minimum absolute atomic E-state index is 0.0754. The van der Waals surface area contributed by atoms with Crippen molar-refractivity contribution in [3.63, 3.8) is 0 Å². The van der Waals surface area contributed by atoms with Crippen molar-refractivity contribution in [3.8, 4) is 0 Å². The predicted octanol–water partition coefficient (Wildman–Crippen LogP) is 2.24. The maximum atomic E-state index is 13.7. The Balaban J connectivity index is 1.32. The molecule has 1 amide bonds. The van der Waals surface area contributed by atoms with Gasteiger partial charge in [-0.05, 0) is 55.5 Å². The SMILES string of the molecule is [B]C(O)(O)n1nccc1C1C2CN(c3nc4c(C(C)Nc5ccc(Cl)nc5C(=O)NSC)cc(C)cc4c(=O)n3C)CC21. The first-order chi connectivity index (χ1) is 20.4. The number of halogens is 1. The van der Waals surface area contributed by atoms with Crippen LogP contribution in [0.15, 0.2) is 41.3 Å². The van der Waals surface area contributed by atoms with E-state index in [0.29, 0.717) is 41.3 Å². The number of carbonyl (C=O) groups excluding carboxylic acids is 1. The Morgan fingerprint density at radius 3 is 2.60 bits per heavy atom. The summed E-state index contributed by atoms with van der Waals surface area (Å²) in [6.07, 6.45) is 3.25. The van der Waals surface area contributed by atoms with Gasteiger partial charge in [-0.3, -0.25) is 18.9 Å². The first kappa shape index (κ1) is 29.5. The van der Waals surface area contributed by atoms with E-state index in [4.69, 9.17) is 24.4 Å². The number of carbonyl (C=O) groups is 1. The number of anilines is 2. The quantitative estimate of drug-likeness (QED) is 0.1000. The number of benzene rings is 1. The second-order valence-corrected chi connectivity index (χ2v) is 12.2. The normalized spacial score (nSPS) is 20.3. The first-order valence-electron chi connectivity index (χ1n) is 13.7. The summed E-state index contributed by atoms with van der Waals surface area (Å²) in [6.45, 7) is 5.15. The number of fused-ring (bicyclic) bond motifs is 2. The van der Waals surface area contributed by atoms with Crippen LogP contribution in [0.4, 0.5) is 11.6 Å². The van der Waals surface area contributed by atoms with Crippen LogP contribution in [0.3, 0.4) is 0 Å².